The average Bonchev–Trinajstić information content (AvgIpc) is 2.91. The number of aliphatic hydroxyl groups excluding tert-OH is 1. The molecule has 1 aliphatic carbocycles. The van der Waals surface area contributed by atoms with Gasteiger partial charge in [0.15, 0.2) is 5.82 Å². The smallest absolute Gasteiger partial charge is 0.251 e. The van der Waals surface area contributed by atoms with Crippen LogP contribution in [0.25, 0.3) is 11.4 Å². The molecule has 3 rings (SSSR count). The van der Waals surface area contributed by atoms with Crippen LogP contribution in [0, 0.1) is 12.8 Å². The number of aryl methyl sites for hydroxylation is 1. The number of aliphatic hydroxyl groups is 1. The van der Waals surface area contributed by atoms with Crippen molar-refractivity contribution < 1.29 is 9.90 Å². The molecule has 2 aromatic rings. The predicted octanol–water partition coefficient (Wildman–Crippen LogP) is 2.45. The molecule has 1 aromatic carbocycles. The number of hydrogen-bond acceptors (Lipinski definition) is 4. The zero-order chi connectivity index (χ0) is 16.9. The molecule has 1 heterocycles. The maximum absolute atomic E-state index is 12.6. The van der Waals surface area contributed by atoms with Crippen LogP contribution in [0.5, 0.6) is 0 Å². The van der Waals surface area contributed by atoms with E-state index in [9.17, 15) is 9.90 Å². The number of carbonyl (C=O) groups is 1. The fourth-order valence-corrected chi connectivity index (χ4v) is 3.32. The second kappa shape index (κ2) is 7.57. The van der Waals surface area contributed by atoms with Gasteiger partial charge in [0.05, 0.1) is 0 Å². The second-order valence-corrected chi connectivity index (χ2v) is 6.49. The molecular formula is C18H24N4O2. The zero-order valence-corrected chi connectivity index (χ0v) is 14.0. The number of H-pyrrole nitrogens is 1. The molecule has 1 amide bonds. The van der Waals surface area contributed by atoms with Gasteiger partial charge in [-0.3, -0.25) is 9.89 Å². The van der Waals surface area contributed by atoms with Gasteiger partial charge in [0.2, 0.25) is 0 Å². The van der Waals surface area contributed by atoms with E-state index >= 15 is 0 Å². The van der Waals surface area contributed by atoms with E-state index in [1.54, 1.807) is 6.07 Å². The van der Waals surface area contributed by atoms with Crippen LogP contribution < -0.4 is 5.32 Å². The molecule has 1 saturated carbocycles. The Kier molecular flexibility index (Phi) is 5.25. The van der Waals surface area contributed by atoms with Crippen molar-refractivity contribution in [1.82, 2.24) is 20.5 Å². The molecule has 6 nitrogen and oxygen atoms in total. The number of aromatic amines is 1. The normalized spacial score (nSPS) is 21.2. The van der Waals surface area contributed by atoms with Crippen LogP contribution in [0.4, 0.5) is 0 Å². The van der Waals surface area contributed by atoms with Gasteiger partial charge in [-0.25, -0.2) is 4.98 Å². The minimum atomic E-state index is -0.102. The zero-order valence-electron chi connectivity index (χ0n) is 14.0. The number of benzene rings is 1. The van der Waals surface area contributed by atoms with Gasteiger partial charge in [-0.2, -0.15) is 5.10 Å². The third-order valence-corrected chi connectivity index (χ3v) is 4.69. The maximum atomic E-state index is 12.6. The van der Waals surface area contributed by atoms with Crippen LogP contribution in [0.3, 0.4) is 0 Å². The molecule has 3 N–H and O–H groups in total. The Morgan fingerprint density at radius 2 is 2.17 bits per heavy atom. The van der Waals surface area contributed by atoms with E-state index in [4.69, 9.17) is 0 Å². The van der Waals surface area contributed by atoms with Gasteiger partial charge in [-0.05, 0) is 31.9 Å². The number of rotatable bonds is 4. The first-order chi connectivity index (χ1) is 11.7. The molecule has 0 bridgehead atoms. The van der Waals surface area contributed by atoms with Gasteiger partial charge in [0, 0.05) is 29.7 Å². The number of carbonyl (C=O) groups excluding carboxylic acids is 1. The van der Waals surface area contributed by atoms with Crippen LogP contribution in [0.1, 0.15) is 48.3 Å². The number of nitrogens with zero attached hydrogens (tertiary/aromatic N) is 2. The summed E-state index contributed by atoms with van der Waals surface area (Å²) in [6.45, 7) is 1.97. The van der Waals surface area contributed by atoms with Crippen molar-refractivity contribution in [2.75, 3.05) is 6.61 Å². The van der Waals surface area contributed by atoms with Crippen molar-refractivity contribution in [2.24, 2.45) is 5.92 Å². The quantitative estimate of drug-likeness (QED) is 0.752. The number of nitrogens with one attached hydrogen (secondary N) is 2. The fraction of sp³-hybridized carbons (Fsp3) is 0.500. The number of amides is 1. The molecule has 1 aromatic heterocycles. The highest BCUT2D eigenvalue weighted by Gasteiger charge is 2.25. The molecule has 24 heavy (non-hydrogen) atoms. The topological polar surface area (TPSA) is 90.9 Å². The van der Waals surface area contributed by atoms with Gasteiger partial charge >= 0.3 is 0 Å². The molecule has 1 aliphatic rings. The summed E-state index contributed by atoms with van der Waals surface area (Å²) < 4.78 is 0. The fourth-order valence-electron chi connectivity index (χ4n) is 3.32. The Labute approximate surface area is 141 Å². The molecule has 0 radical (unpaired) electrons. The highest BCUT2D eigenvalue weighted by Crippen LogP contribution is 2.24. The van der Waals surface area contributed by atoms with Crippen molar-refractivity contribution in [3.8, 4) is 11.4 Å². The Hall–Kier alpha value is -2.21. The van der Waals surface area contributed by atoms with E-state index in [1.165, 1.54) is 6.42 Å². The summed E-state index contributed by atoms with van der Waals surface area (Å²) in [5, 5.41) is 19.7. The summed E-state index contributed by atoms with van der Waals surface area (Å²) >= 11 is 0. The number of hydrogen-bond donors (Lipinski definition) is 3. The second-order valence-electron chi connectivity index (χ2n) is 6.49. The third-order valence-electron chi connectivity index (χ3n) is 4.69. The van der Waals surface area contributed by atoms with Crippen LogP contribution in [0.15, 0.2) is 24.3 Å². The monoisotopic (exact) mass is 328 g/mol. The van der Waals surface area contributed by atoms with Crippen LogP contribution in [-0.4, -0.2) is 38.8 Å². The van der Waals surface area contributed by atoms with Crippen molar-refractivity contribution in [1.29, 1.82) is 0 Å². The molecule has 0 saturated heterocycles. The Balaban J connectivity index is 1.75. The van der Waals surface area contributed by atoms with E-state index in [-0.39, 0.29) is 24.5 Å². The van der Waals surface area contributed by atoms with Gasteiger partial charge in [-0.15, -0.1) is 0 Å². The number of aromatic nitrogens is 3. The molecule has 6 heteroatoms. The highest BCUT2D eigenvalue weighted by molar-refractivity contribution is 5.95. The molecule has 2 atom stereocenters. The standard InChI is InChI=1S/C18H24N4O2/c1-12-19-17(22-21-12)13-7-5-8-14(10-13)18(24)20-16-9-4-2-3-6-15(16)11-23/h5,7-8,10,15-16,23H,2-4,6,9,11H2,1H3,(H,20,24)(H,19,21,22). The minimum absolute atomic E-state index is 0.0411. The predicted molar refractivity (Wildman–Crippen MR) is 91.5 cm³/mol. The van der Waals surface area contributed by atoms with Crippen LogP contribution in [-0.2, 0) is 0 Å². The average molecular weight is 328 g/mol. The van der Waals surface area contributed by atoms with Crippen LogP contribution in [0.2, 0.25) is 0 Å². The van der Waals surface area contributed by atoms with Gasteiger partial charge in [0.25, 0.3) is 5.91 Å². The lowest BCUT2D eigenvalue weighted by Crippen LogP contribution is -2.41. The first-order valence-corrected chi connectivity index (χ1v) is 8.58. The van der Waals surface area contributed by atoms with Crippen molar-refractivity contribution >= 4 is 5.91 Å². The van der Waals surface area contributed by atoms with E-state index < -0.39 is 0 Å². The van der Waals surface area contributed by atoms with Crippen molar-refractivity contribution in [3.05, 3.63) is 35.7 Å². The van der Waals surface area contributed by atoms with Gasteiger partial charge in [0.1, 0.15) is 5.82 Å². The van der Waals surface area contributed by atoms with E-state index in [0.717, 1.165) is 37.1 Å². The Bertz CT molecular complexity index is 698. The van der Waals surface area contributed by atoms with E-state index in [0.29, 0.717) is 11.4 Å². The molecule has 2 unspecified atom stereocenters. The molecule has 1 fully saturated rings. The lowest BCUT2D eigenvalue weighted by Gasteiger charge is -2.24. The minimum Gasteiger partial charge on any atom is -0.396 e. The van der Waals surface area contributed by atoms with Crippen molar-refractivity contribution in [3.63, 3.8) is 0 Å². The lowest BCUT2D eigenvalue weighted by atomic mass is 9.95. The first kappa shape index (κ1) is 16.6. The van der Waals surface area contributed by atoms with Crippen LogP contribution >= 0.6 is 0 Å². The SMILES string of the molecule is Cc1nc(-c2cccc(C(=O)NC3CCCCCC3CO)c2)n[nH]1. The largest absolute Gasteiger partial charge is 0.396 e. The van der Waals surface area contributed by atoms with Crippen molar-refractivity contribution in [2.45, 2.75) is 45.1 Å². The van der Waals surface area contributed by atoms with Gasteiger partial charge < -0.3 is 10.4 Å². The summed E-state index contributed by atoms with van der Waals surface area (Å²) in [7, 11) is 0. The summed E-state index contributed by atoms with van der Waals surface area (Å²) in [4.78, 5) is 16.9. The molecule has 0 spiro atoms. The molecule has 0 aliphatic heterocycles. The van der Waals surface area contributed by atoms with E-state index in [2.05, 4.69) is 20.5 Å². The summed E-state index contributed by atoms with van der Waals surface area (Å²) in [5.74, 6) is 1.37. The summed E-state index contributed by atoms with van der Waals surface area (Å²) in [5.41, 5.74) is 1.41. The molecule has 128 valence electrons. The maximum Gasteiger partial charge on any atom is 0.251 e. The van der Waals surface area contributed by atoms with Gasteiger partial charge in [-0.1, -0.05) is 31.4 Å². The lowest BCUT2D eigenvalue weighted by molar-refractivity contribution is 0.0899. The summed E-state index contributed by atoms with van der Waals surface area (Å²) in [6, 6.07) is 7.37. The Morgan fingerprint density at radius 1 is 1.33 bits per heavy atom. The summed E-state index contributed by atoms with van der Waals surface area (Å²) in [6.07, 6.45) is 5.28. The Morgan fingerprint density at radius 3 is 2.92 bits per heavy atom. The van der Waals surface area contributed by atoms with E-state index in [1.807, 2.05) is 25.1 Å². The molecular weight excluding hydrogens is 304 g/mol. The first-order valence-electron chi connectivity index (χ1n) is 8.58. The third kappa shape index (κ3) is 3.82. The highest BCUT2D eigenvalue weighted by atomic mass is 16.3.